The van der Waals surface area contributed by atoms with Gasteiger partial charge in [-0.1, -0.05) is 18.2 Å². The number of hydrogen-bond donors (Lipinski definition) is 2. The molecular weight excluding hydrogens is 312 g/mol. The van der Waals surface area contributed by atoms with Crippen LogP contribution in [0.2, 0.25) is 0 Å². The summed E-state index contributed by atoms with van der Waals surface area (Å²) in [4.78, 5) is 0. The molecule has 0 saturated carbocycles. The monoisotopic (exact) mass is 334 g/mol. The lowest BCUT2D eigenvalue weighted by molar-refractivity contribution is 0.416. The van der Waals surface area contributed by atoms with Crippen molar-refractivity contribution in [2.45, 2.75) is 19.9 Å². The first-order valence-electron chi connectivity index (χ1n) is 7.27. The summed E-state index contributed by atoms with van der Waals surface area (Å²) in [6, 6.07) is 13.3. The van der Waals surface area contributed by atoms with Crippen molar-refractivity contribution < 1.29 is 13.2 Å². The van der Waals surface area contributed by atoms with E-state index in [4.69, 9.17) is 4.74 Å². The van der Waals surface area contributed by atoms with Crippen molar-refractivity contribution >= 4 is 21.4 Å². The molecule has 0 unspecified atom stereocenters. The maximum absolute atomic E-state index is 11.2. The van der Waals surface area contributed by atoms with Gasteiger partial charge in [0.1, 0.15) is 5.75 Å². The van der Waals surface area contributed by atoms with Gasteiger partial charge in [-0.3, -0.25) is 4.72 Å². The third-order valence-electron chi connectivity index (χ3n) is 3.44. The number of sulfonamides is 1. The molecule has 0 fully saturated rings. The summed E-state index contributed by atoms with van der Waals surface area (Å²) in [5, 5.41) is 3.41. The third-order valence-corrected chi connectivity index (χ3v) is 4.05. The Hall–Kier alpha value is -2.21. The standard InChI is InChI=1S/C17H22N2O3S/c1-12-5-10-16(17(11-12)22-3)18-13(2)14-6-8-15(9-7-14)19-23(4,20)21/h5-11,13,18-19H,1-4H3/t13-/m1/s1. The van der Waals surface area contributed by atoms with Gasteiger partial charge in [0.25, 0.3) is 0 Å². The zero-order valence-electron chi connectivity index (χ0n) is 13.8. The number of methoxy groups -OCH3 is 1. The second-order valence-electron chi connectivity index (χ2n) is 5.57. The minimum absolute atomic E-state index is 0.0545. The lowest BCUT2D eigenvalue weighted by Gasteiger charge is -2.18. The van der Waals surface area contributed by atoms with Gasteiger partial charge >= 0.3 is 0 Å². The molecule has 0 spiro atoms. The fourth-order valence-corrected chi connectivity index (χ4v) is 2.85. The molecule has 2 aromatic carbocycles. The van der Waals surface area contributed by atoms with Gasteiger partial charge in [0.15, 0.2) is 0 Å². The molecule has 0 aliphatic rings. The van der Waals surface area contributed by atoms with Crippen LogP contribution in [0.1, 0.15) is 24.1 Å². The van der Waals surface area contributed by atoms with E-state index in [1.807, 2.05) is 44.2 Å². The van der Waals surface area contributed by atoms with E-state index in [0.717, 1.165) is 28.8 Å². The number of anilines is 2. The largest absolute Gasteiger partial charge is 0.495 e. The molecule has 124 valence electrons. The van der Waals surface area contributed by atoms with Crippen molar-refractivity contribution in [1.29, 1.82) is 0 Å². The number of benzene rings is 2. The Morgan fingerprint density at radius 1 is 1.09 bits per heavy atom. The van der Waals surface area contributed by atoms with E-state index in [0.29, 0.717) is 5.69 Å². The predicted octanol–water partition coefficient (Wildman–Crippen LogP) is 3.55. The van der Waals surface area contributed by atoms with Crippen LogP contribution in [0.4, 0.5) is 11.4 Å². The van der Waals surface area contributed by atoms with Crippen LogP contribution in [0.3, 0.4) is 0 Å². The summed E-state index contributed by atoms with van der Waals surface area (Å²) in [5.41, 5.74) is 3.66. The van der Waals surface area contributed by atoms with Crippen molar-refractivity contribution in [3.63, 3.8) is 0 Å². The van der Waals surface area contributed by atoms with Gasteiger partial charge in [-0.15, -0.1) is 0 Å². The Balaban J connectivity index is 2.13. The minimum atomic E-state index is -3.25. The number of nitrogens with one attached hydrogen (secondary N) is 2. The van der Waals surface area contributed by atoms with Gasteiger partial charge < -0.3 is 10.1 Å². The van der Waals surface area contributed by atoms with Gasteiger partial charge in [0, 0.05) is 11.7 Å². The Morgan fingerprint density at radius 3 is 2.30 bits per heavy atom. The molecule has 0 bridgehead atoms. The lowest BCUT2D eigenvalue weighted by Crippen LogP contribution is -2.10. The highest BCUT2D eigenvalue weighted by Gasteiger charge is 2.10. The molecule has 0 heterocycles. The molecule has 0 radical (unpaired) electrons. The molecule has 2 rings (SSSR count). The van der Waals surface area contributed by atoms with Crippen molar-refractivity contribution in [2.24, 2.45) is 0 Å². The Bertz CT molecular complexity index is 771. The van der Waals surface area contributed by atoms with Crippen molar-refractivity contribution in [3.05, 3.63) is 53.6 Å². The molecule has 0 saturated heterocycles. The van der Waals surface area contributed by atoms with E-state index in [-0.39, 0.29) is 6.04 Å². The maximum atomic E-state index is 11.2. The zero-order valence-corrected chi connectivity index (χ0v) is 14.6. The number of ether oxygens (including phenoxy) is 1. The number of hydrogen-bond acceptors (Lipinski definition) is 4. The maximum Gasteiger partial charge on any atom is 0.229 e. The van der Waals surface area contributed by atoms with E-state index in [2.05, 4.69) is 10.0 Å². The SMILES string of the molecule is COc1cc(C)ccc1N[C@H](C)c1ccc(NS(C)(=O)=O)cc1. The van der Waals surface area contributed by atoms with Gasteiger partial charge in [-0.25, -0.2) is 8.42 Å². The van der Waals surface area contributed by atoms with E-state index in [1.54, 1.807) is 19.2 Å². The molecule has 5 nitrogen and oxygen atoms in total. The minimum Gasteiger partial charge on any atom is -0.495 e. The van der Waals surface area contributed by atoms with Crippen LogP contribution in [0.25, 0.3) is 0 Å². The Kier molecular flexibility index (Phi) is 5.15. The molecular formula is C17H22N2O3S. The molecule has 23 heavy (non-hydrogen) atoms. The fourth-order valence-electron chi connectivity index (χ4n) is 2.29. The summed E-state index contributed by atoms with van der Waals surface area (Å²) in [7, 11) is -1.60. The first-order chi connectivity index (χ1) is 10.8. The van der Waals surface area contributed by atoms with E-state index < -0.39 is 10.0 Å². The summed E-state index contributed by atoms with van der Waals surface area (Å²) in [6.07, 6.45) is 1.13. The van der Waals surface area contributed by atoms with Crippen molar-refractivity contribution in [2.75, 3.05) is 23.4 Å². The van der Waals surface area contributed by atoms with Gasteiger partial charge in [-0.05, 0) is 49.2 Å². The average molecular weight is 334 g/mol. The Morgan fingerprint density at radius 2 is 1.74 bits per heavy atom. The number of rotatable bonds is 6. The van der Waals surface area contributed by atoms with Crippen LogP contribution in [0.5, 0.6) is 5.75 Å². The van der Waals surface area contributed by atoms with Crippen molar-refractivity contribution in [3.8, 4) is 5.75 Å². The lowest BCUT2D eigenvalue weighted by atomic mass is 10.1. The molecule has 2 aromatic rings. The summed E-state index contributed by atoms with van der Waals surface area (Å²) in [6.45, 7) is 4.06. The predicted molar refractivity (Wildman–Crippen MR) is 94.7 cm³/mol. The third kappa shape index (κ3) is 4.89. The number of aryl methyl sites for hydroxylation is 1. The fraction of sp³-hybridized carbons (Fsp3) is 0.294. The second-order valence-corrected chi connectivity index (χ2v) is 7.31. The van der Waals surface area contributed by atoms with E-state index in [9.17, 15) is 8.42 Å². The molecule has 6 heteroatoms. The molecule has 0 aromatic heterocycles. The van der Waals surface area contributed by atoms with Gasteiger partial charge in [0.2, 0.25) is 10.0 Å². The molecule has 1 atom stereocenters. The molecule has 2 N–H and O–H groups in total. The van der Waals surface area contributed by atoms with Crippen LogP contribution in [0.15, 0.2) is 42.5 Å². The zero-order chi connectivity index (χ0) is 17.0. The first kappa shape index (κ1) is 17.1. The highest BCUT2D eigenvalue weighted by atomic mass is 32.2. The quantitative estimate of drug-likeness (QED) is 0.848. The smallest absolute Gasteiger partial charge is 0.229 e. The normalized spacial score (nSPS) is 12.5. The van der Waals surface area contributed by atoms with Crippen LogP contribution in [-0.2, 0) is 10.0 Å². The molecule has 0 amide bonds. The average Bonchev–Trinajstić information content (AvgIpc) is 2.48. The van der Waals surface area contributed by atoms with E-state index in [1.165, 1.54) is 0 Å². The Labute approximate surface area is 137 Å². The van der Waals surface area contributed by atoms with Crippen LogP contribution < -0.4 is 14.8 Å². The second kappa shape index (κ2) is 6.91. The van der Waals surface area contributed by atoms with Crippen LogP contribution in [0, 0.1) is 6.92 Å². The molecule has 0 aliphatic carbocycles. The van der Waals surface area contributed by atoms with Gasteiger partial charge in [-0.2, -0.15) is 0 Å². The van der Waals surface area contributed by atoms with Crippen LogP contribution in [-0.4, -0.2) is 21.8 Å². The van der Waals surface area contributed by atoms with Crippen molar-refractivity contribution in [1.82, 2.24) is 0 Å². The summed E-state index contributed by atoms with van der Waals surface area (Å²) < 4.78 is 30.3. The van der Waals surface area contributed by atoms with Gasteiger partial charge in [0.05, 0.1) is 19.1 Å². The molecule has 0 aliphatic heterocycles. The van der Waals surface area contributed by atoms with Crippen LogP contribution >= 0.6 is 0 Å². The van der Waals surface area contributed by atoms with E-state index >= 15 is 0 Å². The highest BCUT2D eigenvalue weighted by Crippen LogP contribution is 2.29. The summed E-state index contributed by atoms with van der Waals surface area (Å²) >= 11 is 0. The topological polar surface area (TPSA) is 67.4 Å². The first-order valence-corrected chi connectivity index (χ1v) is 9.16. The summed E-state index contributed by atoms with van der Waals surface area (Å²) in [5.74, 6) is 0.798. The highest BCUT2D eigenvalue weighted by molar-refractivity contribution is 7.92.